The Hall–Kier alpha value is -0.900. The zero-order valence-corrected chi connectivity index (χ0v) is 8.95. The Morgan fingerprint density at radius 1 is 1.47 bits per heavy atom. The van der Waals surface area contributed by atoms with Crippen LogP contribution < -0.4 is 0 Å². The minimum absolute atomic E-state index is 0.0688. The molecule has 1 saturated carbocycles. The molecule has 4 nitrogen and oxygen atoms in total. The molecule has 0 bridgehead atoms. The van der Waals surface area contributed by atoms with Crippen LogP contribution in [-0.4, -0.2) is 30.1 Å². The second kappa shape index (κ2) is 3.93. The third kappa shape index (κ3) is 1.67. The first-order valence-corrected chi connectivity index (χ1v) is 5.58. The van der Waals surface area contributed by atoms with Gasteiger partial charge in [-0.1, -0.05) is 19.3 Å². The Kier molecular flexibility index (Phi) is 2.78. The van der Waals surface area contributed by atoms with Crippen LogP contribution in [0.25, 0.3) is 0 Å². The van der Waals surface area contributed by atoms with Gasteiger partial charge in [-0.2, -0.15) is 0 Å². The fourth-order valence-electron chi connectivity index (χ4n) is 2.38. The molecule has 0 aromatic rings. The molecular formula is C11H16O4. The van der Waals surface area contributed by atoms with Crippen LogP contribution in [0.2, 0.25) is 0 Å². The molecule has 0 amide bonds. The number of rotatable bonds is 2. The molecule has 0 aromatic carbocycles. The van der Waals surface area contributed by atoms with Gasteiger partial charge in [0.2, 0.25) is 11.9 Å². The summed E-state index contributed by atoms with van der Waals surface area (Å²) in [4.78, 5) is 23.1. The normalized spacial score (nSPS) is 28.6. The Morgan fingerprint density at radius 2 is 2.13 bits per heavy atom. The molecule has 2 rings (SSSR count). The topological polar surface area (TPSA) is 52.6 Å². The molecule has 1 heterocycles. The van der Waals surface area contributed by atoms with E-state index in [1.165, 1.54) is 0 Å². The zero-order chi connectivity index (χ0) is 10.9. The lowest BCUT2D eigenvalue weighted by Crippen LogP contribution is -2.64. The molecule has 84 valence electrons. The zero-order valence-electron chi connectivity index (χ0n) is 8.95. The van der Waals surface area contributed by atoms with E-state index in [2.05, 4.69) is 0 Å². The van der Waals surface area contributed by atoms with Gasteiger partial charge >= 0.3 is 5.97 Å². The summed E-state index contributed by atoms with van der Waals surface area (Å²) in [6.07, 6.45) is 3.78. The smallest absolute Gasteiger partial charge is 0.343 e. The summed E-state index contributed by atoms with van der Waals surface area (Å²) in [7, 11) is 0. The Balaban J connectivity index is 1.95. The first-order valence-electron chi connectivity index (χ1n) is 5.58. The molecule has 1 aliphatic carbocycles. The summed E-state index contributed by atoms with van der Waals surface area (Å²) in [5.41, 5.74) is -0.629. The second-order valence-corrected chi connectivity index (χ2v) is 4.17. The van der Waals surface area contributed by atoms with Gasteiger partial charge in [-0.3, -0.25) is 4.79 Å². The number of carbonyl (C=O) groups is 2. The fourth-order valence-corrected chi connectivity index (χ4v) is 2.38. The maximum absolute atomic E-state index is 11.8. The van der Waals surface area contributed by atoms with Gasteiger partial charge < -0.3 is 9.47 Å². The van der Waals surface area contributed by atoms with Crippen LogP contribution >= 0.6 is 0 Å². The van der Waals surface area contributed by atoms with E-state index in [0.29, 0.717) is 6.61 Å². The summed E-state index contributed by atoms with van der Waals surface area (Å²) in [5.74, 6) is -0.598. The Bertz CT molecular complexity index is 278. The SMILES string of the molecule is CCOC(=O)[C@H]1OC2(CCCCC2)C1=O. The van der Waals surface area contributed by atoms with E-state index in [1.54, 1.807) is 6.92 Å². The van der Waals surface area contributed by atoms with Crippen LogP contribution in [0.3, 0.4) is 0 Å². The van der Waals surface area contributed by atoms with Crippen molar-refractivity contribution in [2.45, 2.75) is 50.7 Å². The maximum Gasteiger partial charge on any atom is 0.343 e. The quantitative estimate of drug-likeness (QED) is 0.510. The van der Waals surface area contributed by atoms with Crippen molar-refractivity contribution < 1.29 is 19.1 Å². The van der Waals surface area contributed by atoms with Gasteiger partial charge in [-0.15, -0.1) is 0 Å². The van der Waals surface area contributed by atoms with Crippen molar-refractivity contribution in [2.24, 2.45) is 0 Å². The van der Waals surface area contributed by atoms with Crippen LogP contribution in [0.5, 0.6) is 0 Å². The lowest BCUT2D eigenvalue weighted by atomic mass is 9.75. The molecule has 1 atom stereocenters. The van der Waals surface area contributed by atoms with Gasteiger partial charge in [0.05, 0.1) is 6.61 Å². The highest BCUT2D eigenvalue weighted by Crippen LogP contribution is 2.41. The molecule has 1 aliphatic heterocycles. The molecular weight excluding hydrogens is 196 g/mol. The van der Waals surface area contributed by atoms with Crippen molar-refractivity contribution in [1.82, 2.24) is 0 Å². The summed E-state index contributed by atoms with van der Waals surface area (Å²) in [6.45, 7) is 2.01. The molecule has 0 N–H and O–H groups in total. The lowest BCUT2D eigenvalue weighted by Gasteiger charge is -2.46. The van der Waals surface area contributed by atoms with Crippen molar-refractivity contribution in [1.29, 1.82) is 0 Å². The van der Waals surface area contributed by atoms with Crippen LogP contribution in [0.1, 0.15) is 39.0 Å². The molecule has 0 aromatic heterocycles. The predicted molar refractivity (Wildman–Crippen MR) is 52.3 cm³/mol. The van der Waals surface area contributed by atoms with Gasteiger partial charge in [-0.05, 0) is 19.8 Å². The van der Waals surface area contributed by atoms with E-state index in [-0.39, 0.29) is 5.78 Å². The van der Waals surface area contributed by atoms with Crippen LogP contribution in [0.4, 0.5) is 0 Å². The summed E-state index contributed by atoms with van der Waals surface area (Å²) in [6, 6.07) is 0. The summed E-state index contributed by atoms with van der Waals surface area (Å²) >= 11 is 0. The molecule has 4 heteroatoms. The molecule has 15 heavy (non-hydrogen) atoms. The van der Waals surface area contributed by atoms with E-state index >= 15 is 0 Å². The lowest BCUT2D eigenvalue weighted by molar-refractivity contribution is -0.218. The van der Waals surface area contributed by atoms with Gasteiger partial charge in [0, 0.05) is 0 Å². The molecule has 0 radical (unpaired) electrons. The Labute approximate surface area is 88.9 Å². The number of esters is 1. The number of ketones is 1. The largest absolute Gasteiger partial charge is 0.464 e. The number of carbonyl (C=O) groups excluding carboxylic acids is 2. The number of hydrogen-bond acceptors (Lipinski definition) is 4. The average molecular weight is 212 g/mol. The molecule has 0 unspecified atom stereocenters. The van der Waals surface area contributed by atoms with Crippen molar-refractivity contribution in [3.8, 4) is 0 Å². The maximum atomic E-state index is 11.8. The van der Waals surface area contributed by atoms with E-state index in [1.807, 2.05) is 0 Å². The first-order chi connectivity index (χ1) is 7.19. The molecule has 2 fully saturated rings. The molecule has 2 aliphatic rings. The second-order valence-electron chi connectivity index (χ2n) is 4.17. The fraction of sp³-hybridized carbons (Fsp3) is 0.818. The van der Waals surface area contributed by atoms with E-state index in [9.17, 15) is 9.59 Å². The van der Waals surface area contributed by atoms with E-state index in [0.717, 1.165) is 32.1 Å². The standard InChI is InChI=1S/C11H16O4/c1-2-14-10(13)8-9(12)11(15-8)6-4-3-5-7-11/h8H,2-7H2,1H3/t8-/m0/s1. The Morgan fingerprint density at radius 3 is 2.67 bits per heavy atom. The van der Waals surface area contributed by atoms with Gasteiger partial charge in [0.15, 0.2) is 0 Å². The molecule has 1 spiro atoms. The number of hydrogen-bond donors (Lipinski definition) is 0. The summed E-state index contributed by atoms with van der Waals surface area (Å²) in [5, 5.41) is 0. The van der Waals surface area contributed by atoms with Crippen molar-refractivity contribution in [3.63, 3.8) is 0 Å². The van der Waals surface area contributed by atoms with Crippen molar-refractivity contribution in [2.75, 3.05) is 6.61 Å². The van der Waals surface area contributed by atoms with Gasteiger partial charge in [0.1, 0.15) is 5.60 Å². The highest BCUT2D eigenvalue weighted by molar-refractivity contribution is 6.10. The van der Waals surface area contributed by atoms with Gasteiger partial charge in [-0.25, -0.2) is 4.79 Å². The van der Waals surface area contributed by atoms with Gasteiger partial charge in [0.25, 0.3) is 0 Å². The third-order valence-electron chi connectivity index (χ3n) is 3.19. The third-order valence-corrected chi connectivity index (χ3v) is 3.19. The van der Waals surface area contributed by atoms with Crippen LogP contribution in [0.15, 0.2) is 0 Å². The average Bonchev–Trinajstić information content (AvgIpc) is 2.27. The number of ether oxygens (including phenoxy) is 2. The van der Waals surface area contributed by atoms with Crippen molar-refractivity contribution in [3.05, 3.63) is 0 Å². The summed E-state index contributed by atoms with van der Waals surface area (Å²) < 4.78 is 10.2. The highest BCUT2D eigenvalue weighted by atomic mass is 16.6. The number of Topliss-reactive ketones (excluding diaryl/α,β-unsaturated/α-hetero) is 1. The predicted octanol–water partition coefficient (Wildman–Crippen LogP) is 1.22. The van der Waals surface area contributed by atoms with Crippen LogP contribution in [-0.2, 0) is 19.1 Å². The molecule has 1 saturated heterocycles. The van der Waals surface area contributed by atoms with Crippen LogP contribution in [0, 0.1) is 0 Å². The first kappa shape index (κ1) is 10.6. The minimum Gasteiger partial charge on any atom is -0.464 e. The minimum atomic E-state index is -0.942. The van der Waals surface area contributed by atoms with E-state index < -0.39 is 17.7 Å². The monoisotopic (exact) mass is 212 g/mol. The highest BCUT2D eigenvalue weighted by Gasteiger charge is 2.58. The van der Waals surface area contributed by atoms with Crippen molar-refractivity contribution >= 4 is 11.8 Å². The van der Waals surface area contributed by atoms with E-state index in [4.69, 9.17) is 9.47 Å².